The molecule has 2 fully saturated rings. The van der Waals surface area contributed by atoms with Crippen LogP contribution in [0.25, 0.3) is 0 Å². The maximum absolute atomic E-state index is 11.2. The first-order valence-corrected chi connectivity index (χ1v) is 7.59. The van der Waals surface area contributed by atoms with Crippen molar-refractivity contribution < 1.29 is 4.79 Å². The lowest BCUT2D eigenvalue weighted by molar-refractivity contribution is -0.132. The van der Waals surface area contributed by atoms with Gasteiger partial charge < -0.3 is 9.80 Å². The van der Waals surface area contributed by atoms with Crippen molar-refractivity contribution >= 4 is 5.91 Å². The van der Waals surface area contributed by atoms with Gasteiger partial charge in [-0.2, -0.15) is 0 Å². The maximum Gasteiger partial charge on any atom is 0.222 e. The Kier molecular flexibility index (Phi) is 7.33. The summed E-state index contributed by atoms with van der Waals surface area (Å²) in [5, 5.41) is 0. The highest BCUT2D eigenvalue weighted by molar-refractivity contribution is 5.75. The zero-order valence-electron chi connectivity index (χ0n) is 12.5. The largest absolute Gasteiger partial charge is 0.343 e. The van der Waals surface area contributed by atoms with E-state index in [1.54, 1.807) is 0 Å². The van der Waals surface area contributed by atoms with E-state index in [1.165, 1.54) is 45.2 Å². The Bertz CT molecular complexity index is 229. The zero-order valence-corrected chi connectivity index (χ0v) is 12.5. The summed E-state index contributed by atoms with van der Waals surface area (Å²) < 4.78 is 0. The van der Waals surface area contributed by atoms with E-state index < -0.39 is 0 Å². The van der Waals surface area contributed by atoms with Crippen LogP contribution >= 0.6 is 0 Å². The van der Waals surface area contributed by atoms with E-state index in [0.29, 0.717) is 12.3 Å². The molecule has 2 saturated heterocycles. The van der Waals surface area contributed by atoms with Gasteiger partial charge in [-0.3, -0.25) is 4.79 Å². The lowest BCUT2D eigenvalue weighted by atomic mass is 9.99. The van der Waals surface area contributed by atoms with Gasteiger partial charge in [-0.15, -0.1) is 0 Å². The van der Waals surface area contributed by atoms with Crippen molar-refractivity contribution in [2.75, 3.05) is 33.2 Å². The van der Waals surface area contributed by atoms with Crippen LogP contribution in [0.4, 0.5) is 0 Å². The van der Waals surface area contributed by atoms with Crippen LogP contribution < -0.4 is 0 Å². The predicted molar refractivity (Wildman–Crippen MR) is 76.6 cm³/mol. The molecule has 0 aliphatic carbocycles. The summed E-state index contributed by atoms with van der Waals surface area (Å²) in [6, 6.07) is 0. The molecular weight excluding hydrogens is 224 g/mol. The number of piperidine rings is 2. The number of amides is 1. The minimum absolute atomic E-state index is 0.317. The Morgan fingerprint density at radius 3 is 2.00 bits per heavy atom. The van der Waals surface area contributed by atoms with Gasteiger partial charge in [0.2, 0.25) is 5.91 Å². The second-order valence-electron chi connectivity index (χ2n) is 5.78. The third-order valence-electron chi connectivity index (χ3n) is 4.02. The van der Waals surface area contributed by atoms with E-state index in [-0.39, 0.29) is 0 Å². The molecule has 2 rings (SSSR count). The maximum atomic E-state index is 11.2. The SMILES string of the molecule is CCC(=O)N1CCC(C)CC1.CN1CCCCC1. The Hall–Kier alpha value is -0.570. The van der Waals surface area contributed by atoms with Gasteiger partial charge in [0.15, 0.2) is 0 Å². The van der Waals surface area contributed by atoms with E-state index in [9.17, 15) is 4.79 Å². The summed E-state index contributed by atoms with van der Waals surface area (Å²) in [4.78, 5) is 15.6. The summed E-state index contributed by atoms with van der Waals surface area (Å²) in [5.41, 5.74) is 0. The first-order valence-electron chi connectivity index (χ1n) is 7.59. The second kappa shape index (κ2) is 8.52. The van der Waals surface area contributed by atoms with Crippen LogP contribution in [0, 0.1) is 5.92 Å². The van der Waals surface area contributed by atoms with Crippen molar-refractivity contribution in [2.45, 2.75) is 52.4 Å². The molecule has 2 heterocycles. The molecule has 3 nitrogen and oxygen atoms in total. The van der Waals surface area contributed by atoms with E-state index in [4.69, 9.17) is 0 Å². The number of rotatable bonds is 1. The highest BCUT2D eigenvalue weighted by atomic mass is 16.2. The van der Waals surface area contributed by atoms with Gasteiger partial charge in [-0.05, 0) is 51.7 Å². The number of nitrogens with zero attached hydrogens (tertiary/aromatic N) is 2. The lowest BCUT2D eigenvalue weighted by Crippen LogP contribution is -2.37. The topological polar surface area (TPSA) is 23.6 Å². The van der Waals surface area contributed by atoms with Gasteiger partial charge in [0.1, 0.15) is 0 Å². The van der Waals surface area contributed by atoms with Crippen LogP contribution in [0.1, 0.15) is 52.4 Å². The molecule has 1 amide bonds. The quantitative estimate of drug-likeness (QED) is 0.718. The molecule has 2 aliphatic rings. The van der Waals surface area contributed by atoms with Crippen LogP contribution in [-0.4, -0.2) is 48.9 Å². The van der Waals surface area contributed by atoms with Crippen molar-refractivity contribution in [1.29, 1.82) is 0 Å². The van der Waals surface area contributed by atoms with Gasteiger partial charge in [0.25, 0.3) is 0 Å². The zero-order chi connectivity index (χ0) is 13.4. The molecule has 0 atom stereocenters. The fraction of sp³-hybridized carbons (Fsp3) is 0.933. The smallest absolute Gasteiger partial charge is 0.222 e. The third kappa shape index (κ3) is 5.85. The minimum Gasteiger partial charge on any atom is -0.343 e. The van der Waals surface area contributed by atoms with Gasteiger partial charge in [0.05, 0.1) is 0 Å². The Labute approximate surface area is 113 Å². The van der Waals surface area contributed by atoms with Crippen LogP contribution in [0.3, 0.4) is 0 Å². The van der Waals surface area contributed by atoms with Crippen molar-refractivity contribution in [3.05, 3.63) is 0 Å². The highest BCUT2D eigenvalue weighted by Gasteiger charge is 2.18. The third-order valence-corrected chi connectivity index (χ3v) is 4.02. The summed E-state index contributed by atoms with van der Waals surface area (Å²) in [6.07, 6.45) is 7.31. The fourth-order valence-electron chi connectivity index (χ4n) is 2.53. The van der Waals surface area contributed by atoms with Crippen LogP contribution in [0.15, 0.2) is 0 Å². The van der Waals surface area contributed by atoms with Crippen molar-refractivity contribution in [2.24, 2.45) is 5.92 Å². The molecule has 106 valence electrons. The lowest BCUT2D eigenvalue weighted by Gasteiger charge is -2.29. The Morgan fingerprint density at radius 2 is 1.61 bits per heavy atom. The van der Waals surface area contributed by atoms with E-state index in [2.05, 4.69) is 18.9 Å². The fourth-order valence-corrected chi connectivity index (χ4v) is 2.53. The van der Waals surface area contributed by atoms with Crippen LogP contribution in [-0.2, 0) is 4.79 Å². The summed E-state index contributed by atoms with van der Waals surface area (Å²) in [6.45, 7) is 8.79. The van der Waals surface area contributed by atoms with Gasteiger partial charge >= 0.3 is 0 Å². The first kappa shape index (κ1) is 15.5. The molecule has 0 unspecified atom stereocenters. The first-order chi connectivity index (χ1) is 8.63. The van der Waals surface area contributed by atoms with E-state index in [0.717, 1.165) is 19.0 Å². The number of carbonyl (C=O) groups is 1. The molecule has 0 aromatic carbocycles. The van der Waals surface area contributed by atoms with Crippen molar-refractivity contribution in [1.82, 2.24) is 9.80 Å². The average Bonchev–Trinajstić information content (AvgIpc) is 2.40. The minimum atomic E-state index is 0.317. The van der Waals surface area contributed by atoms with E-state index in [1.807, 2.05) is 11.8 Å². The second-order valence-corrected chi connectivity index (χ2v) is 5.78. The molecule has 18 heavy (non-hydrogen) atoms. The van der Waals surface area contributed by atoms with Gasteiger partial charge in [0, 0.05) is 19.5 Å². The predicted octanol–water partition coefficient (Wildman–Crippen LogP) is 2.76. The van der Waals surface area contributed by atoms with E-state index >= 15 is 0 Å². The number of likely N-dealkylation sites (tertiary alicyclic amines) is 2. The molecule has 0 N–H and O–H groups in total. The van der Waals surface area contributed by atoms with Crippen molar-refractivity contribution in [3.8, 4) is 0 Å². The standard InChI is InChI=1S/C9H17NO.C6H13N/c1-3-9(11)10-6-4-8(2)5-7-10;1-7-5-3-2-4-6-7/h8H,3-7H2,1-2H3;2-6H2,1H3. The molecule has 0 aromatic heterocycles. The molecule has 0 radical (unpaired) electrons. The number of carbonyl (C=O) groups excluding carboxylic acids is 1. The molecule has 2 aliphatic heterocycles. The monoisotopic (exact) mass is 254 g/mol. The summed E-state index contributed by atoms with van der Waals surface area (Å²) in [7, 11) is 2.19. The summed E-state index contributed by atoms with van der Waals surface area (Å²) >= 11 is 0. The number of hydrogen-bond acceptors (Lipinski definition) is 2. The Morgan fingerprint density at radius 1 is 1.06 bits per heavy atom. The average molecular weight is 254 g/mol. The molecule has 0 bridgehead atoms. The molecule has 0 saturated carbocycles. The van der Waals surface area contributed by atoms with Gasteiger partial charge in [-0.1, -0.05) is 20.3 Å². The molecule has 3 heteroatoms. The molecule has 0 spiro atoms. The van der Waals surface area contributed by atoms with Crippen molar-refractivity contribution in [3.63, 3.8) is 0 Å². The molecular formula is C15H30N2O. The van der Waals surface area contributed by atoms with Crippen LogP contribution in [0.5, 0.6) is 0 Å². The highest BCUT2D eigenvalue weighted by Crippen LogP contribution is 2.16. The Balaban J connectivity index is 0.000000199. The summed E-state index contributed by atoms with van der Waals surface area (Å²) in [5.74, 6) is 1.13. The number of hydrogen-bond donors (Lipinski definition) is 0. The van der Waals surface area contributed by atoms with Gasteiger partial charge in [-0.25, -0.2) is 0 Å². The molecule has 0 aromatic rings. The normalized spacial score (nSPS) is 22.3. The van der Waals surface area contributed by atoms with Crippen LogP contribution in [0.2, 0.25) is 0 Å².